The molecule has 4 rings (SSSR count). The first-order valence-corrected chi connectivity index (χ1v) is 5.95. The van der Waals surface area contributed by atoms with Gasteiger partial charge in [0.1, 0.15) is 5.75 Å². The van der Waals surface area contributed by atoms with Gasteiger partial charge in [-0.3, -0.25) is 9.38 Å². The van der Waals surface area contributed by atoms with E-state index in [-0.39, 0.29) is 0 Å². The fourth-order valence-corrected chi connectivity index (χ4v) is 2.40. The van der Waals surface area contributed by atoms with Crippen molar-refractivity contribution in [3.63, 3.8) is 0 Å². The molecule has 3 heterocycles. The van der Waals surface area contributed by atoms with E-state index in [9.17, 15) is 0 Å². The lowest BCUT2D eigenvalue weighted by Crippen LogP contribution is -1.89. The Labute approximate surface area is 104 Å². The standard InChI is InChI=1S/C14H11N3O/c1-2-13-11(3-6-18-13)7-10(1)12-8-16-14-9-15-4-5-17(12)14/h1-2,4-5,7-9H,3,6H2. The number of ether oxygens (including phenoxy) is 1. The summed E-state index contributed by atoms with van der Waals surface area (Å²) < 4.78 is 7.57. The fourth-order valence-electron chi connectivity index (χ4n) is 2.40. The summed E-state index contributed by atoms with van der Waals surface area (Å²) >= 11 is 0. The fraction of sp³-hybridized carbons (Fsp3) is 0.143. The van der Waals surface area contributed by atoms with E-state index >= 15 is 0 Å². The lowest BCUT2D eigenvalue weighted by molar-refractivity contribution is 0.357. The minimum Gasteiger partial charge on any atom is -0.493 e. The zero-order valence-corrected chi connectivity index (χ0v) is 9.71. The van der Waals surface area contributed by atoms with E-state index in [1.807, 2.05) is 22.9 Å². The molecule has 0 amide bonds. The molecule has 0 spiro atoms. The maximum absolute atomic E-state index is 5.53. The molecule has 0 radical (unpaired) electrons. The number of imidazole rings is 1. The summed E-state index contributed by atoms with van der Waals surface area (Å²) in [5, 5.41) is 0. The van der Waals surface area contributed by atoms with Crippen molar-refractivity contribution in [3.8, 4) is 17.0 Å². The Morgan fingerprint density at radius 2 is 2.22 bits per heavy atom. The third kappa shape index (κ3) is 1.32. The van der Waals surface area contributed by atoms with Crippen molar-refractivity contribution in [2.75, 3.05) is 6.61 Å². The third-order valence-electron chi connectivity index (χ3n) is 3.30. The number of hydrogen-bond donors (Lipinski definition) is 0. The smallest absolute Gasteiger partial charge is 0.155 e. The van der Waals surface area contributed by atoms with Gasteiger partial charge in [-0.2, -0.15) is 0 Å². The molecule has 0 atom stereocenters. The Morgan fingerprint density at radius 3 is 3.22 bits per heavy atom. The van der Waals surface area contributed by atoms with E-state index < -0.39 is 0 Å². The second-order valence-corrected chi connectivity index (χ2v) is 4.37. The quantitative estimate of drug-likeness (QED) is 0.652. The molecule has 0 N–H and O–H groups in total. The molecule has 4 nitrogen and oxygen atoms in total. The van der Waals surface area contributed by atoms with Crippen LogP contribution < -0.4 is 4.74 Å². The van der Waals surface area contributed by atoms with Crippen LogP contribution in [0.5, 0.6) is 5.75 Å². The van der Waals surface area contributed by atoms with Crippen molar-refractivity contribution < 1.29 is 4.74 Å². The highest BCUT2D eigenvalue weighted by molar-refractivity contribution is 5.65. The molecule has 18 heavy (non-hydrogen) atoms. The Hall–Kier alpha value is -2.36. The highest BCUT2D eigenvalue weighted by Gasteiger charge is 2.14. The minimum absolute atomic E-state index is 0.788. The van der Waals surface area contributed by atoms with Crippen LogP contribution in [0.1, 0.15) is 5.56 Å². The Kier molecular flexibility index (Phi) is 1.91. The van der Waals surface area contributed by atoms with Gasteiger partial charge in [0.25, 0.3) is 0 Å². The zero-order chi connectivity index (χ0) is 11.9. The molecule has 1 aliphatic heterocycles. The van der Waals surface area contributed by atoms with Crippen molar-refractivity contribution in [2.45, 2.75) is 6.42 Å². The minimum atomic E-state index is 0.788. The van der Waals surface area contributed by atoms with Crippen LogP contribution in [0.2, 0.25) is 0 Å². The van der Waals surface area contributed by atoms with Gasteiger partial charge in [-0.05, 0) is 23.8 Å². The average molecular weight is 237 g/mol. The van der Waals surface area contributed by atoms with E-state index in [4.69, 9.17) is 4.74 Å². The summed E-state index contributed by atoms with van der Waals surface area (Å²) in [6.45, 7) is 0.788. The van der Waals surface area contributed by atoms with E-state index in [1.165, 1.54) is 5.56 Å². The zero-order valence-electron chi connectivity index (χ0n) is 9.71. The van der Waals surface area contributed by atoms with E-state index in [2.05, 4.69) is 22.1 Å². The van der Waals surface area contributed by atoms with Gasteiger partial charge in [0.15, 0.2) is 5.65 Å². The monoisotopic (exact) mass is 237 g/mol. The van der Waals surface area contributed by atoms with Crippen LogP contribution >= 0.6 is 0 Å². The number of fused-ring (bicyclic) bond motifs is 2. The second kappa shape index (κ2) is 3.57. The van der Waals surface area contributed by atoms with Gasteiger partial charge < -0.3 is 4.74 Å². The van der Waals surface area contributed by atoms with Crippen LogP contribution in [0, 0.1) is 0 Å². The molecule has 4 heteroatoms. The molecule has 0 fully saturated rings. The average Bonchev–Trinajstić information content (AvgIpc) is 3.04. The summed E-state index contributed by atoms with van der Waals surface area (Å²) in [4.78, 5) is 8.43. The molecule has 0 saturated carbocycles. The summed E-state index contributed by atoms with van der Waals surface area (Å²) in [6.07, 6.45) is 8.34. The number of aromatic nitrogens is 3. The van der Waals surface area contributed by atoms with Crippen LogP contribution in [0.4, 0.5) is 0 Å². The maximum atomic E-state index is 5.53. The maximum Gasteiger partial charge on any atom is 0.155 e. The molecule has 0 saturated heterocycles. The number of hydrogen-bond acceptors (Lipinski definition) is 3. The predicted octanol–water partition coefficient (Wildman–Crippen LogP) is 2.33. The van der Waals surface area contributed by atoms with Crippen LogP contribution in [-0.4, -0.2) is 21.0 Å². The molecule has 0 aliphatic carbocycles. The third-order valence-corrected chi connectivity index (χ3v) is 3.30. The normalized spacial score (nSPS) is 13.6. The molecule has 88 valence electrons. The predicted molar refractivity (Wildman–Crippen MR) is 67.6 cm³/mol. The van der Waals surface area contributed by atoms with Gasteiger partial charge in [-0.1, -0.05) is 0 Å². The van der Waals surface area contributed by atoms with Gasteiger partial charge in [0, 0.05) is 24.4 Å². The largest absolute Gasteiger partial charge is 0.493 e. The first-order valence-electron chi connectivity index (χ1n) is 5.95. The summed E-state index contributed by atoms with van der Waals surface area (Å²) in [5.41, 5.74) is 4.39. The molecule has 2 aromatic heterocycles. The van der Waals surface area contributed by atoms with Crippen molar-refractivity contribution in [3.05, 3.63) is 48.5 Å². The summed E-state index contributed by atoms with van der Waals surface area (Å²) in [5.74, 6) is 1.01. The van der Waals surface area contributed by atoms with Gasteiger partial charge in [-0.25, -0.2) is 4.98 Å². The second-order valence-electron chi connectivity index (χ2n) is 4.37. The number of benzene rings is 1. The Morgan fingerprint density at radius 1 is 1.22 bits per heavy atom. The van der Waals surface area contributed by atoms with Crippen LogP contribution in [-0.2, 0) is 6.42 Å². The van der Waals surface area contributed by atoms with Crippen molar-refractivity contribution >= 4 is 5.65 Å². The topological polar surface area (TPSA) is 39.4 Å². The van der Waals surface area contributed by atoms with Gasteiger partial charge in [0.05, 0.1) is 24.7 Å². The molecule has 1 aliphatic rings. The van der Waals surface area contributed by atoms with E-state index in [0.717, 1.165) is 35.7 Å². The van der Waals surface area contributed by atoms with Gasteiger partial charge in [-0.15, -0.1) is 0 Å². The molecule has 0 unspecified atom stereocenters. The summed E-state index contributed by atoms with van der Waals surface area (Å²) in [7, 11) is 0. The Bertz CT molecular complexity index is 733. The van der Waals surface area contributed by atoms with Gasteiger partial charge >= 0.3 is 0 Å². The van der Waals surface area contributed by atoms with Crippen molar-refractivity contribution in [1.29, 1.82) is 0 Å². The lowest BCUT2D eigenvalue weighted by Gasteiger charge is -2.04. The summed E-state index contributed by atoms with van der Waals surface area (Å²) in [6, 6.07) is 6.30. The number of rotatable bonds is 1. The number of nitrogens with zero attached hydrogens (tertiary/aromatic N) is 3. The van der Waals surface area contributed by atoms with Crippen molar-refractivity contribution in [2.24, 2.45) is 0 Å². The van der Waals surface area contributed by atoms with E-state index in [0.29, 0.717) is 0 Å². The molecule has 1 aromatic carbocycles. The highest BCUT2D eigenvalue weighted by Crippen LogP contribution is 2.30. The van der Waals surface area contributed by atoms with Crippen molar-refractivity contribution in [1.82, 2.24) is 14.4 Å². The first kappa shape index (κ1) is 9.65. The van der Waals surface area contributed by atoms with E-state index in [1.54, 1.807) is 12.4 Å². The molecule has 0 bridgehead atoms. The molecular weight excluding hydrogens is 226 g/mol. The van der Waals surface area contributed by atoms with Crippen LogP contribution in [0.3, 0.4) is 0 Å². The lowest BCUT2D eigenvalue weighted by atomic mass is 10.1. The van der Waals surface area contributed by atoms with Crippen LogP contribution in [0.25, 0.3) is 16.9 Å². The van der Waals surface area contributed by atoms with Crippen LogP contribution in [0.15, 0.2) is 43.0 Å². The van der Waals surface area contributed by atoms with Gasteiger partial charge in [0.2, 0.25) is 0 Å². The Balaban J connectivity index is 1.92. The molecule has 3 aromatic rings. The SMILES string of the molecule is c1cn2c(-c3ccc4c(c3)CCO4)cnc2cn1. The molecular formula is C14H11N3O. The first-order chi connectivity index (χ1) is 8.92. The highest BCUT2D eigenvalue weighted by atomic mass is 16.5.